The van der Waals surface area contributed by atoms with Crippen LogP contribution in [-0.2, 0) is 0 Å². The molecule has 2 rings (SSSR count). The van der Waals surface area contributed by atoms with E-state index in [1.807, 2.05) is 12.3 Å². The number of aromatic nitrogens is 1. The second kappa shape index (κ2) is 5.27. The quantitative estimate of drug-likeness (QED) is 0.730. The van der Waals surface area contributed by atoms with E-state index in [4.69, 9.17) is 0 Å². The van der Waals surface area contributed by atoms with Gasteiger partial charge in [0.2, 0.25) is 0 Å². The lowest BCUT2D eigenvalue weighted by Gasteiger charge is -2.23. The van der Waals surface area contributed by atoms with Gasteiger partial charge in [-0.05, 0) is 26.3 Å². The third-order valence-corrected chi connectivity index (χ3v) is 3.35. The number of anilines is 1. The molecule has 2 heterocycles. The zero-order chi connectivity index (χ0) is 11.4. The molecule has 1 aliphatic heterocycles. The van der Waals surface area contributed by atoms with Crippen LogP contribution in [0.2, 0.25) is 0 Å². The number of nitrogens with one attached hydrogen (secondary N) is 3. The number of rotatable bonds is 2. The van der Waals surface area contributed by atoms with E-state index in [0.29, 0.717) is 5.13 Å². The van der Waals surface area contributed by atoms with Crippen molar-refractivity contribution >= 4 is 22.5 Å². The molecule has 88 valence electrons. The number of hydrogen-bond acceptors (Lipinski definition) is 4. The van der Waals surface area contributed by atoms with Gasteiger partial charge in [-0.3, -0.25) is 5.32 Å². The van der Waals surface area contributed by atoms with Crippen LogP contribution in [0.15, 0.2) is 5.38 Å². The summed E-state index contributed by atoms with van der Waals surface area (Å²) in [5, 5.41) is 11.5. The third-order valence-electron chi connectivity index (χ3n) is 2.47. The first-order valence-electron chi connectivity index (χ1n) is 5.44. The van der Waals surface area contributed by atoms with Gasteiger partial charge in [-0.2, -0.15) is 0 Å². The Hall–Kier alpha value is -1.14. The van der Waals surface area contributed by atoms with Gasteiger partial charge in [0.1, 0.15) is 0 Å². The summed E-state index contributed by atoms with van der Waals surface area (Å²) in [6, 6.07) is 0.0675. The number of nitrogens with zero attached hydrogens (tertiary/aromatic N) is 1. The van der Waals surface area contributed by atoms with Crippen LogP contribution in [0.5, 0.6) is 0 Å². The van der Waals surface area contributed by atoms with Gasteiger partial charge in [0.15, 0.2) is 5.13 Å². The van der Waals surface area contributed by atoms with Gasteiger partial charge in [0.25, 0.3) is 0 Å². The van der Waals surface area contributed by atoms with Gasteiger partial charge in [0, 0.05) is 18.0 Å². The number of amides is 2. The van der Waals surface area contributed by atoms with Crippen molar-refractivity contribution in [1.82, 2.24) is 15.6 Å². The molecule has 0 spiro atoms. The van der Waals surface area contributed by atoms with E-state index in [1.165, 1.54) is 11.3 Å². The highest BCUT2D eigenvalue weighted by molar-refractivity contribution is 7.13. The summed E-state index contributed by atoms with van der Waals surface area (Å²) in [7, 11) is 0. The molecule has 0 radical (unpaired) electrons. The van der Waals surface area contributed by atoms with Crippen molar-refractivity contribution in [2.45, 2.75) is 25.8 Å². The average molecular weight is 240 g/mol. The van der Waals surface area contributed by atoms with Crippen LogP contribution >= 0.6 is 11.3 Å². The first kappa shape index (κ1) is 11.3. The molecule has 1 unspecified atom stereocenters. The molecule has 1 saturated heterocycles. The number of hydrogen-bond donors (Lipinski definition) is 3. The van der Waals surface area contributed by atoms with E-state index < -0.39 is 0 Å². The summed E-state index contributed by atoms with van der Waals surface area (Å²) in [6.07, 6.45) is 2.15. The molecule has 2 amide bonds. The smallest absolute Gasteiger partial charge is 0.321 e. The molecule has 0 aliphatic carbocycles. The lowest BCUT2D eigenvalue weighted by Crippen LogP contribution is -2.47. The summed E-state index contributed by atoms with van der Waals surface area (Å²) >= 11 is 1.44. The summed E-state index contributed by atoms with van der Waals surface area (Å²) in [5.74, 6) is 0. The number of carbonyl (C=O) groups excluding carboxylic acids is 1. The van der Waals surface area contributed by atoms with E-state index in [2.05, 4.69) is 20.9 Å². The van der Waals surface area contributed by atoms with Crippen molar-refractivity contribution in [3.8, 4) is 0 Å². The summed E-state index contributed by atoms with van der Waals surface area (Å²) in [6.45, 7) is 3.81. The van der Waals surface area contributed by atoms with Crippen LogP contribution in [0.3, 0.4) is 0 Å². The molecule has 0 bridgehead atoms. The zero-order valence-corrected chi connectivity index (χ0v) is 10.1. The first-order chi connectivity index (χ1) is 7.74. The van der Waals surface area contributed by atoms with E-state index in [1.54, 1.807) is 0 Å². The van der Waals surface area contributed by atoms with Crippen LogP contribution < -0.4 is 16.0 Å². The number of piperidine rings is 1. The van der Waals surface area contributed by atoms with Crippen molar-refractivity contribution in [3.63, 3.8) is 0 Å². The number of thiazole rings is 1. The predicted octanol–water partition coefficient (Wildman–Crippen LogP) is 1.33. The maximum atomic E-state index is 11.6. The van der Waals surface area contributed by atoms with Crippen LogP contribution in [0.1, 0.15) is 18.5 Å². The average Bonchev–Trinajstić information content (AvgIpc) is 2.65. The molecule has 1 aliphatic rings. The number of aryl methyl sites for hydroxylation is 1. The van der Waals surface area contributed by atoms with Crippen molar-refractivity contribution < 1.29 is 4.79 Å². The Morgan fingerprint density at radius 2 is 2.56 bits per heavy atom. The standard InChI is InChI=1S/C10H16N4OS/c1-7-6-16-10(12-7)14-9(15)13-8-3-2-4-11-5-8/h6,8,11H,2-5H2,1H3,(H2,12,13,14,15). The molecular formula is C10H16N4OS. The zero-order valence-electron chi connectivity index (χ0n) is 9.25. The normalized spacial score (nSPS) is 20.4. The highest BCUT2D eigenvalue weighted by Crippen LogP contribution is 2.14. The Balaban J connectivity index is 1.79. The van der Waals surface area contributed by atoms with E-state index in [-0.39, 0.29) is 12.1 Å². The van der Waals surface area contributed by atoms with Gasteiger partial charge >= 0.3 is 6.03 Å². The van der Waals surface area contributed by atoms with Crippen molar-refractivity contribution in [3.05, 3.63) is 11.1 Å². The van der Waals surface area contributed by atoms with Gasteiger partial charge in [-0.25, -0.2) is 9.78 Å². The minimum atomic E-state index is -0.164. The molecule has 0 aromatic carbocycles. The van der Waals surface area contributed by atoms with Crippen LogP contribution in [0.4, 0.5) is 9.93 Å². The maximum Gasteiger partial charge on any atom is 0.321 e. The fourth-order valence-corrected chi connectivity index (χ4v) is 2.39. The Kier molecular flexibility index (Phi) is 3.74. The van der Waals surface area contributed by atoms with Crippen molar-refractivity contribution in [2.24, 2.45) is 0 Å². The SMILES string of the molecule is Cc1csc(NC(=O)NC2CCCNC2)n1. The van der Waals surface area contributed by atoms with Crippen LogP contribution in [0.25, 0.3) is 0 Å². The molecule has 6 heteroatoms. The summed E-state index contributed by atoms with van der Waals surface area (Å²) in [4.78, 5) is 15.8. The molecule has 0 saturated carbocycles. The molecule has 1 aromatic rings. The molecule has 5 nitrogen and oxygen atoms in total. The van der Waals surface area contributed by atoms with E-state index >= 15 is 0 Å². The molecule has 16 heavy (non-hydrogen) atoms. The predicted molar refractivity (Wildman–Crippen MR) is 64.9 cm³/mol. The van der Waals surface area contributed by atoms with E-state index in [9.17, 15) is 4.79 Å². The molecule has 1 atom stereocenters. The number of urea groups is 1. The molecular weight excluding hydrogens is 224 g/mol. The Morgan fingerprint density at radius 3 is 3.19 bits per heavy atom. The lowest BCUT2D eigenvalue weighted by atomic mass is 10.1. The third kappa shape index (κ3) is 3.18. The first-order valence-corrected chi connectivity index (χ1v) is 6.32. The Labute approximate surface area is 98.7 Å². The van der Waals surface area contributed by atoms with Gasteiger partial charge in [-0.1, -0.05) is 0 Å². The minimum absolute atomic E-state index is 0.164. The molecule has 1 aromatic heterocycles. The van der Waals surface area contributed by atoms with Gasteiger partial charge in [-0.15, -0.1) is 11.3 Å². The fourth-order valence-electron chi connectivity index (χ4n) is 1.71. The highest BCUT2D eigenvalue weighted by atomic mass is 32.1. The largest absolute Gasteiger partial charge is 0.334 e. The maximum absolute atomic E-state index is 11.6. The van der Waals surface area contributed by atoms with Gasteiger partial charge < -0.3 is 10.6 Å². The van der Waals surface area contributed by atoms with Crippen LogP contribution in [-0.4, -0.2) is 30.1 Å². The summed E-state index contributed by atoms with van der Waals surface area (Å²) in [5.41, 5.74) is 0.930. The van der Waals surface area contributed by atoms with Crippen molar-refractivity contribution in [2.75, 3.05) is 18.4 Å². The minimum Gasteiger partial charge on any atom is -0.334 e. The summed E-state index contributed by atoms with van der Waals surface area (Å²) < 4.78 is 0. The second-order valence-corrected chi connectivity index (χ2v) is 4.79. The lowest BCUT2D eigenvalue weighted by molar-refractivity contribution is 0.245. The Bertz CT molecular complexity index is 359. The van der Waals surface area contributed by atoms with Crippen molar-refractivity contribution in [1.29, 1.82) is 0 Å². The Morgan fingerprint density at radius 1 is 1.69 bits per heavy atom. The molecule has 1 fully saturated rings. The topological polar surface area (TPSA) is 66.1 Å². The van der Waals surface area contributed by atoms with Gasteiger partial charge in [0.05, 0.1) is 5.69 Å². The monoisotopic (exact) mass is 240 g/mol. The highest BCUT2D eigenvalue weighted by Gasteiger charge is 2.15. The van der Waals surface area contributed by atoms with E-state index in [0.717, 1.165) is 31.6 Å². The second-order valence-electron chi connectivity index (χ2n) is 3.94. The number of carbonyl (C=O) groups is 1. The molecule has 3 N–H and O–H groups in total. The fraction of sp³-hybridized carbons (Fsp3) is 0.600. The van der Waals surface area contributed by atoms with Crippen LogP contribution in [0, 0.1) is 6.92 Å².